The molecule has 0 saturated heterocycles. The summed E-state index contributed by atoms with van der Waals surface area (Å²) in [6.45, 7) is 4.19. The monoisotopic (exact) mass is 238 g/mol. The maximum absolute atomic E-state index is 10.1. The number of aliphatic hydroxyl groups is 2. The Bertz CT molecular complexity index is 325. The van der Waals surface area contributed by atoms with Crippen LogP contribution >= 0.6 is 0 Å². The first-order chi connectivity index (χ1) is 8.17. The minimum absolute atomic E-state index is 0.115. The van der Waals surface area contributed by atoms with Crippen LogP contribution in [-0.4, -0.2) is 41.4 Å². The van der Waals surface area contributed by atoms with Crippen LogP contribution in [0.15, 0.2) is 24.3 Å². The highest BCUT2D eigenvalue weighted by Crippen LogP contribution is 2.16. The number of nitrogens with two attached hydrogens (primary N) is 1. The van der Waals surface area contributed by atoms with Gasteiger partial charge in [0, 0.05) is 18.8 Å². The van der Waals surface area contributed by atoms with E-state index in [0.29, 0.717) is 18.8 Å². The zero-order chi connectivity index (χ0) is 12.7. The van der Waals surface area contributed by atoms with Crippen molar-refractivity contribution in [1.29, 1.82) is 0 Å². The zero-order valence-corrected chi connectivity index (χ0v) is 10.3. The van der Waals surface area contributed by atoms with Crippen molar-refractivity contribution in [2.75, 3.05) is 32.0 Å². The van der Waals surface area contributed by atoms with Crippen LogP contribution in [0.3, 0.4) is 0 Å². The largest absolute Gasteiger partial charge is 0.399 e. The van der Waals surface area contributed by atoms with Crippen molar-refractivity contribution in [3.05, 3.63) is 29.8 Å². The van der Waals surface area contributed by atoms with Crippen LogP contribution < -0.4 is 5.73 Å². The lowest BCUT2D eigenvalue weighted by atomic mass is 10.1. The Balaban J connectivity index is 2.59. The summed E-state index contributed by atoms with van der Waals surface area (Å²) in [7, 11) is 0. The number of nitrogens with zero attached hydrogens (tertiary/aromatic N) is 1. The van der Waals surface area contributed by atoms with Gasteiger partial charge in [0.2, 0.25) is 0 Å². The maximum Gasteiger partial charge on any atom is 0.0917 e. The predicted octanol–water partition coefficient (Wildman–Crippen LogP) is 1.01. The van der Waals surface area contributed by atoms with Gasteiger partial charge in [-0.25, -0.2) is 0 Å². The Kier molecular flexibility index (Phi) is 5.97. The van der Waals surface area contributed by atoms with Crippen LogP contribution in [0.2, 0.25) is 0 Å². The second kappa shape index (κ2) is 7.27. The van der Waals surface area contributed by atoms with Gasteiger partial charge in [0.05, 0.1) is 12.7 Å². The number of hydrogen-bond acceptors (Lipinski definition) is 4. The van der Waals surface area contributed by atoms with Crippen molar-refractivity contribution in [2.45, 2.75) is 19.4 Å². The first kappa shape index (κ1) is 14.0. The summed E-state index contributed by atoms with van der Waals surface area (Å²) < 4.78 is 0. The van der Waals surface area contributed by atoms with E-state index in [1.165, 1.54) is 0 Å². The number of anilines is 1. The number of nitrogen functional groups attached to an aromatic ring is 1. The minimum Gasteiger partial charge on any atom is -0.399 e. The summed E-state index contributed by atoms with van der Waals surface area (Å²) in [6, 6.07) is 7.29. The average molecular weight is 238 g/mol. The van der Waals surface area contributed by atoms with Gasteiger partial charge < -0.3 is 15.9 Å². The molecule has 0 fully saturated rings. The quantitative estimate of drug-likeness (QED) is 0.620. The topological polar surface area (TPSA) is 69.7 Å². The lowest BCUT2D eigenvalue weighted by Crippen LogP contribution is -2.32. The Morgan fingerprint density at radius 3 is 2.71 bits per heavy atom. The van der Waals surface area contributed by atoms with Crippen molar-refractivity contribution in [1.82, 2.24) is 4.90 Å². The molecule has 96 valence electrons. The van der Waals surface area contributed by atoms with Gasteiger partial charge in [0.25, 0.3) is 0 Å². The van der Waals surface area contributed by atoms with Crippen molar-refractivity contribution in [2.24, 2.45) is 0 Å². The fraction of sp³-hybridized carbons (Fsp3) is 0.538. The molecule has 0 amide bonds. The molecular formula is C13H22N2O2. The maximum atomic E-state index is 10.1. The lowest BCUT2D eigenvalue weighted by Gasteiger charge is -2.24. The first-order valence-corrected chi connectivity index (χ1v) is 6.04. The molecule has 0 saturated carbocycles. The molecule has 0 aromatic heterocycles. The van der Waals surface area contributed by atoms with Crippen LogP contribution in [0, 0.1) is 0 Å². The molecule has 0 aliphatic carbocycles. The van der Waals surface area contributed by atoms with Crippen molar-refractivity contribution in [3.63, 3.8) is 0 Å². The molecule has 0 bridgehead atoms. The summed E-state index contributed by atoms with van der Waals surface area (Å²) in [6.07, 6.45) is 0.445. The highest BCUT2D eigenvalue weighted by atomic mass is 16.3. The minimum atomic E-state index is -0.559. The predicted molar refractivity (Wildman–Crippen MR) is 69.6 cm³/mol. The van der Waals surface area contributed by atoms with E-state index in [0.717, 1.165) is 18.5 Å². The summed E-state index contributed by atoms with van der Waals surface area (Å²) in [5.74, 6) is 0. The zero-order valence-electron chi connectivity index (χ0n) is 10.3. The molecule has 0 spiro atoms. The molecule has 1 unspecified atom stereocenters. The SMILES string of the molecule is CCCN(CCO)CC(O)c1cccc(N)c1. The molecule has 1 aromatic carbocycles. The van der Waals surface area contributed by atoms with Gasteiger partial charge in [0.15, 0.2) is 0 Å². The van der Waals surface area contributed by atoms with E-state index in [4.69, 9.17) is 10.8 Å². The summed E-state index contributed by atoms with van der Waals surface area (Å²) in [5.41, 5.74) is 7.16. The molecule has 0 aliphatic rings. The molecule has 1 atom stereocenters. The number of hydrogen-bond donors (Lipinski definition) is 3. The molecule has 17 heavy (non-hydrogen) atoms. The van der Waals surface area contributed by atoms with Crippen molar-refractivity contribution in [3.8, 4) is 0 Å². The first-order valence-electron chi connectivity index (χ1n) is 6.04. The fourth-order valence-electron chi connectivity index (χ4n) is 1.87. The van der Waals surface area contributed by atoms with E-state index in [1.54, 1.807) is 12.1 Å². The van der Waals surface area contributed by atoms with E-state index in [1.807, 2.05) is 17.0 Å². The van der Waals surface area contributed by atoms with Crippen molar-refractivity contribution >= 4 is 5.69 Å². The van der Waals surface area contributed by atoms with Gasteiger partial charge in [-0.3, -0.25) is 4.90 Å². The number of aliphatic hydroxyl groups excluding tert-OH is 2. The fourth-order valence-corrected chi connectivity index (χ4v) is 1.87. The highest BCUT2D eigenvalue weighted by molar-refractivity contribution is 5.41. The summed E-state index contributed by atoms with van der Waals surface area (Å²) >= 11 is 0. The van der Waals surface area contributed by atoms with Crippen molar-refractivity contribution < 1.29 is 10.2 Å². The van der Waals surface area contributed by atoms with Gasteiger partial charge in [-0.1, -0.05) is 19.1 Å². The van der Waals surface area contributed by atoms with Gasteiger partial charge in [-0.15, -0.1) is 0 Å². The van der Waals surface area contributed by atoms with Crippen LogP contribution in [0.1, 0.15) is 25.0 Å². The number of rotatable bonds is 7. The summed E-state index contributed by atoms with van der Waals surface area (Å²) in [5, 5.41) is 19.0. The molecule has 0 heterocycles. The second-order valence-electron chi connectivity index (χ2n) is 4.21. The van der Waals surface area contributed by atoms with E-state index in [2.05, 4.69) is 6.92 Å². The smallest absolute Gasteiger partial charge is 0.0917 e. The third-order valence-electron chi connectivity index (χ3n) is 2.68. The van der Waals surface area contributed by atoms with E-state index in [-0.39, 0.29) is 6.61 Å². The molecule has 4 N–H and O–H groups in total. The summed E-state index contributed by atoms with van der Waals surface area (Å²) in [4.78, 5) is 2.05. The van der Waals surface area contributed by atoms with Gasteiger partial charge >= 0.3 is 0 Å². The van der Waals surface area contributed by atoms with Crippen LogP contribution in [-0.2, 0) is 0 Å². The van der Waals surface area contributed by atoms with E-state index in [9.17, 15) is 5.11 Å². The van der Waals surface area contributed by atoms with Crippen LogP contribution in [0.25, 0.3) is 0 Å². The molecule has 4 nitrogen and oxygen atoms in total. The van der Waals surface area contributed by atoms with Crippen LogP contribution in [0.4, 0.5) is 5.69 Å². The highest BCUT2D eigenvalue weighted by Gasteiger charge is 2.12. The standard InChI is InChI=1S/C13H22N2O2/c1-2-6-15(7-8-16)10-13(17)11-4-3-5-12(14)9-11/h3-5,9,13,16-17H,2,6-8,10,14H2,1H3. The van der Waals surface area contributed by atoms with E-state index < -0.39 is 6.10 Å². The Labute approximate surface area is 103 Å². The molecule has 1 rings (SSSR count). The molecule has 1 aromatic rings. The molecule has 4 heteroatoms. The van der Waals surface area contributed by atoms with Gasteiger partial charge in [0.1, 0.15) is 0 Å². The third-order valence-corrected chi connectivity index (χ3v) is 2.68. The second-order valence-corrected chi connectivity index (χ2v) is 4.21. The molecule has 0 aliphatic heterocycles. The van der Waals surface area contributed by atoms with E-state index >= 15 is 0 Å². The number of benzene rings is 1. The average Bonchev–Trinajstić information content (AvgIpc) is 2.29. The van der Waals surface area contributed by atoms with Crippen LogP contribution in [0.5, 0.6) is 0 Å². The van der Waals surface area contributed by atoms with Gasteiger partial charge in [-0.05, 0) is 30.7 Å². The molecule has 0 radical (unpaired) electrons. The Hall–Kier alpha value is -1.10. The normalized spacial score (nSPS) is 12.9. The lowest BCUT2D eigenvalue weighted by molar-refractivity contribution is 0.0999. The Morgan fingerprint density at radius 2 is 2.12 bits per heavy atom. The van der Waals surface area contributed by atoms with Gasteiger partial charge in [-0.2, -0.15) is 0 Å². The Morgan fingerprint density at radius 1 is 1.35 bits per heavy atom. The molecular weight excluding hydrogens is 216 g/mol. The third kappa shape index (κ3) is 4.73.